The number of aryl methyl sites for hydroxylation is 1. The first-order valence-electron chi connectivity index (χ1n) is 9.47. The fourth-order valence-corrected chi connectivity index (χ4v) is 3.69. The molecule has 0 radical (unpaired) electrons. The number of piperidine rings is 1. The lowest BCUT2D eigenvalue weighted by Gasteiger charge is -2.32. The molecule has 3 aromatic rings. The van der Waals surface area contributed by atoms with E-state index >= 15 is 0 Å². The van der Waals surface area contributed by atoms with Gasteiger partial charge in [-0.15, -0.1) is 0 Å². The molecule has 1 amide bonds. The van der Waals surface area contributed by atoms with E-state index in [1.165, 1.54) is 5.56 Å². The molecule has 1 aliphatic heterocycles. The quantitative estimate of drug-likeness (QED) is 0.698. The van der Waals surface area contributed by atoms with Crippen molar-refractivity contribution in [2.24, 2.45) is 0 Å². The van der Waals surface area contributed by atoms with Crippen LogP contribution in [0.2, 0.25) is 0 Å². The number of likely N-dealkylation sites (tertiary alicyclic amines) is 1. The van der Waals surface area contributed by atoms with Crippen LogP contribution in [0, 0.1) is 0 Å². The van der Waals surface area contributed by atoms with Gasteiger partial charge in [0, 0.05) is 63.1 Å². The number of nitrogens with zero attached hydrogens (tertiary/aromatic N) is 6. The van der Waals surface area contributed by atoms with Crippen LogP contribution in [0.5, 0.6) is 0 Å². The van der Waals surface area contributed by atoms with Crippen LogP contribution in [-0.2, 0) is 13.1 Å². The Balaban J connectivity index is 1.49. The number of amides is 1. The standard InChI is InChI=1S/C20H24N6O/c1-2-26-12-7-18(23-26)20(27)25-11-3-4-17(15-25)19-22-10-13-24(19)14-16-5-8-21-9-6-16/h5-10,12-13,17H,2-4,11,14-15H2,1H3. The molecule has 1 fully saturated rings. The predicted molar refractivity (Wildman–Crippen MR) is 101 cm³/mol. The normalized spacial score (nSPS) is 17.2. The highest BCUT2D eigenvalue weighted by Gasteiger charge is 2.28. The van der Waals surface area contributed by atoms with Gasteiger partial charge in [-0.1, -0.05) is 0 Å². The van der Waals surface area contributed by atoms with E-state index in [9.17, 15) is 4.79 Å². The number of aromatic nitrogens is 5. The van der Waals surface area contributed by atoms with Crippen molar-refractivity contribution in [3.05, 3.63) is 66.3 Å². The van der Waals surface area contributed by atoms with E-state index in [0.717, 1.165) is 38.3 Å². The van der Waals surface area contributed by atoms with Crippen molar-refractivity contribution in [3.63, 3.8) is 0 Å². The summed E-state index contributed by atoms with van der Waals surface area (Å²) in [5.41, 5.74) is 1.72. The van der Waals surface area contributed by atoms with Gasteiger partial charge in [-0.2, -0.15) is 5.10 Å². The first kappa shape index (κ1) is 17.5. The Morgan fingerprint density at radius 3 is 2.81 bits per heavy atom. The maximum absolute atomic E-state index is 12.8. The lowest BCUT2D eigenvalue weighted by molar-refractivity contribution is 0.0696. The van der Waals surface area contributed by atoms with Gasteiger partial charge in [-0.05, 0) is 43.5 Å². The first-order chi connectivity index (χ1) is 13.2. The van der Waals surface area contributed by atoms with Crippen molar-refractivity contribution in [2.75, 3.05) is 13.1 Å². The summed E-state index contributed by atoms with van der Waals surface area (Å²) in [5, 5.41) is 4.36. The number of rotatable bonds is 5. The second kappa shape index (κ2) is 7.73. The molecule has 1 atom stereocenters. The number of imidazole rings is 1. The summed E-state index contributed by atoms with van der Waals surface area (Å²) in [7, 11) is 0. The van der Waals surface area contributed by atoms with Crippen LogP contribution in [0.25, 0.3) is 0 Å². The molecule has 0 aliphatic carbocycles. The molecular weight excluding hydrogens is 340 g/mol. The number of hydrogen-bond donors (Lipinski definition) is 0. The molecule has 0 bridgehead atoms. The van der Waals surface area contributed by atoms with Gasteiger partial charge in [0.05, 0.1) is 0 Å². The third-order valence-corrected chi connectivity index (χ3v) is 5.11. The van der Waals surface area contributed by atoms with Crippen LogP contribution < -0.4 is 0 Å². The molecule has 3 aromatic heterocycles. The molecule has 7 nitrogen and oxygen atoms in total. The van der Waals surface area contributed by atoms with Crippen molar-refractivity contribution in [2.45, 2.75) is 38.8 Å². The average Bonchev–Trinajstić information content (AvgIpc) is 3.38. The SMILES string of the molecule is CCn1ccc(C(=O)N2CCCC(c3nccn3Cc3ccncc3)C2)n1. The van der Waals surface area contributed by atoms with E-state index in [1.54, 1.807) is 10.7 Å². The summed E-state index contributed by atoms with van der Waals surface area (Å²) >= 11 is 0. The zero-order valence-corrected chi connectivity index (χ0v) is 15.5. The average molecular weight is 364 g/mol. The van der Waals surface area contributed by atoms with Crippen LogP contribution in [0.1, 0.15) is 47.6 Å². The molecule has 1 saturated heterocycles. The van der Waals surface area contributed by atoms with E-state index in [1.807, 2.05) is 54.9 Å². The van der Waals surface area contributed by atoms with Crippen molar-refractivity contribution in [1.29, 1.82) is 0 Å². The summed E-state index contributed by atoms with van der Waals surface area (Å²) in [4.78, 5) is 23.4. The van der Waals surface area contributed by atoms with E-state index in [4.69, 9.17) is 0 Å². The van der Waals surface area contributed by atoms with E-state index in [-0.39, 0.29) is 11.8 Å². The fraction of sp³-hybridized carbons (Fsp3) is 0.400. The Hall–Kier alpha value is -2.96. The van der Waals surface area contributed by atoms with Gasteiger partial charge in [0.25, 0.3) is 5.91 Å². The molecule has 0 aromatic carbocycles. The topological polar surface area (TPSA) is 68.8 Å². The third kappa shape index (κ3) is 3.77. The first-order valence-corrected chi connectivity index (χ1v) is 9.47. The number of pyridine rings is 1. The van der Waals surface area contributed by atoms with Gasteiger partial charge in [-0.25, -0.2) is 4.98 Å². The minimum atomic E-state index is 0.0131. The molecule has 0 saturated carbocycles. The molecule has 7 heteroatoms. The van der Waals surface area contributed by atoms with E-state index < -0.39 is 0 Å². The maximum Gasteiger partial charge on any atom is 0.274 e. The van der Waals surface area contributed by atoms with E-state index in [2.05, 4.69) is 19.6 Å². The molecule has 0 N–H and O–H groups in total. The van der Waals surface area contributed by atoms with Crippen LogP contribution in [0.15, 0.2) is 49.2 Å². The Bertz CT molecular complexity index is 900. The summed E-state index contributed by atoms with van der Waals surface area (Å²) in [6.07, 6.45) is 11.4. The monoisotopic (exact) mass is 364 g/mol. The summed E-state index contributed by atoms with van der Waals surface area (Å²) in [5.74, 6) is 1.30. The van der Waals surface area contributed by atoms with E-state index in [0.29, 0.717) is 12.2 Å². The summed E-state index contributed by atoms with van der Waals surface area (Å²) in [6.45, 7) is 5.01. The van der Waals surface area contributed by atoms with Crippen molar-refractivity contribution in [3.8, 4) is 0 Å². The van der Waals surface area contributed by atoms with Crippen LogP contribution in [0.3, 0.4) is 0 Å². The molecule has 1 unspecified atom stereocenters. The molecule has 4 heterocycles. The van der Waals surface area contributed by atoms with Gasteiger partial charge in [0.1, 0.15) is 11.5 Å². The zero-order valence-electron chi connectivity index (χ0n) is 15.5. The fourth-order valence-electron chi connectivity index (χ4n) is 3.69. The third-order valence-electron chi connectivity index (χ3n) is 5.11. The molecule has 140 valence electrons. The Kier molecular flexibility index (Phi) is 5.00. The Morgan fingerprint density at radius 1 is 1.19 bits per heavy atom. The highest BCUT2D eigenvalue weighted by Crippen LogP contribution is 2.27. The van der Waals surface area contributed by atoms with Gasteiger partial charge in [0.15, 0.2) is 0 Å². The smallest absolute Gasteiger partial charge is 0.274 e. The van der Waals surface area contributed by atoms with Crippen molar-refractivity contribution >= 4 is 5.91 Å². The van der Waals surface area contributed by atoms with Crippen LogP contribution >= 0.6 is 0 Å². The zero-order chi connectivity index (χ0) is 18.6. The van der Waals surface area contributed by atoms with Gasteiger partial charge >= 0.3 is 0 Å². The lowest BCUT2D eigenvalue weighted by atomic mass is 9.96. The second-order valence-corrected chi connectivity index (χ2v) is 6.92. The highest BCUT2D eigenvalue weighted by molar-refractivity contribution is 5.92. The van der Waals surface area contributed by atoms with Gasteiger partial charge in [-0.3, -0.25) is 14.5 Å². The minimum Gasteiger partial charge on any atom is -0.337 e. The van der Waals surface area contributed by atoms with Crippen LogP contribution in [-0.4, -0.2) is 48.2 Å². The number of hydrogen-bond acceptors (Lipinski definition) is 4. The highest BCUT2D eigenvalue weighted by atomic mass is 16.2. The molecule has 4 rings (SSSR count). The molecular formula is C20H24N6O. The largest absolute Gasteiger partial charge is 0.337 e. The minimum absolute atomic E-state index is 0.0131. The summed E-state index contributed by atoms with van der Waals surface area (Å²) < 4.78 is 3.97. The Morgan fingerprint density at radius 2 is 2.04 bits per heavy atom. The number of carbonyl (C=O) groups is 1. The predicted octanol–water partition coefficient (Wildman–Crippen LogP) is 2.56. The number of carbonyl (C=O) groups excluding carboxylic acids is 1. The van der Waals surface area contributed by atoms with Gasteiger partial charge < -0.3 is 9.47 Å². The molecule has 0 spiro atoms. The second-order valence-electron chi connectivity index (χ2n) is 6.92. The maximum atomic E-state index is 12.8. The van der Waals surface area contributed by atoms with Crippen LogP contribution in [0.4, 0.5) is 0 Å². The Labute approximate surface area is 158 Å². The summed E-state index contributed by atoms with van der Waals surface area (Å²) in [6, 6.07) is 5.84. The molecule has 27 heavy (non-hydrogen) atoms. The molecule has 1 aliphatic rings. The lowest BCUT2D eigenvalue weighted by Crippen LogP contribution is -2.40. The van der Waals surface area contributed by atoms with Crippen molar-refractivity contribution < 1.29 is 4.79 Å². The van der Waals surface area contributed by atoms with Gasteiger partial charge in [0.2, 0.25) is 0 Å². The van der Waals surface area contributed by atoms with Crippen molar-refractivity contribution in [1.82, 2.24) is 29.2 Å².